The normalized spacial score (nSPS) is 23.7. The van der Waals surface area contributed by atoms with Gasteiger partial charge >= 0.3 is 5.69 Å². The summed E-state index contributed by atoms with van der Waals surface area (Å²) in [6, 6.07) is 5.63. The van der Waals surface area contributed by atoms with Gasteiger partial charge in [-0.1, -0.05) is 17.7 Å². The Bertz CT molecular complexity index is 890. The van der Waals surface area contributed by atoms with E-state index in [-0.39, 0.29) is 17.5 Å². The Kier molecular flexibility index (Phi) is 5.28. The molecule has 146 valence electrons. The second kappa shape index (κ2) is 7.68. The molecule has 0 N–H and O–H groups in total. The molecule has 4 rings (SSSR count). The van der Waals surface area contributed by atoms with Crippen LogP contribution < -0.4 is 5.69 Å². The van der Waals surface area contributed by atoms with Crippen LogP contribution in [0.1, 0.15) is 25.7 Å². The fourth-order valence-electron chi connectivity index (χ4n) is 4.48. The number of amides is 1. The minimum absolute atomic E-state index is 0.0235. The summed E-state index contributed by atoms with van der Waals surface area (Å²) < 4.78 is 8.81. The number of para-hydroxylation sites is 1. The fourth-order valence-corrected chi connectivity index (χ4v) is 4.75. The van der Waals surface area contributed by atoms with Gasteiger partial charge in [0.2, 0.25) is 5.91 Å². The zero-order chi connectivity index (χ0) is 19.0. The van der Waals surface area contributed by atoms with Crippen LogP contribution in [0.5, 0.6) is 0 Å². The van der Waals surface area contributed by atoms with Gasteiger partial charge in [-0.25, -0.2) is 4.79 Å². The minimum Gasteiger partial charge on any atom is -0.378 e. The average Bonchev–Trinajstić information content (AvgIpc) is 2.95. The lowest BCUT2D eigenvalue weighted by molar-refractivity contribution is -0.141. The topological polar surface area (TPSA) is 56.5 Å². The molecule has 2 aliphatic rings. The van der Waals surface area contributed by atoms with Crippen molar-refractivity contribution in [3.63, 3.8) is 0 Å². The Labute approximate surface area is 163 Å². The number of aromatic nitrogens is 2. The summed E-state index contributed by atoms with van der Waals surface area (Å²) in [4.78, 5) is 27.3. The maximum Gasteiger partial charge on any atom is 0.328 e. The number of ether oxygens (including phenoxy) is 1. The van der Waals surface area contributed by atoms with Gasteiger partial charge in [0.15, 0.2) is 0 Å². The van der Waals surface area contributed by atoms with Crippen molar-refractivity contribution in [1.82, 2.24) is 14.0 Å². The first kappa shape index (κ1) is 18.6. The molecule has 1 aliphatic carbocycles. The van der Waals surface area contributed by atoms with Crippen LogP contribution in [0.2, 0.25) is 5.02 Å². The van der Waals surface area contributed by atoms with E-state index in [0.717, 1.165) is 36.7 Å². The zero-order valence-electron chi connectivity index (χ0n) is 15.7. The Morgan fingerprint density at radius 1 is 1.19 bits per heavy atom. The lowest BCUT2D eigenvalue weighted by Gasteiger charge is -2.34. The van der Waals surface area contributed by atoms with Crippen LogP contribution in [-0.2, 0) is 23.1 Å². The molecule has 2 fully saturated rings. The van der Waals surface area contributed by atoms with Crippen LogP contribution in [-0.4, -0.2) is 46.2 Å². The van der Waals surface area contributed by atoms with Crippen molar-refractivity contribution >= 4 is 28.5 Å². The van der Waals surface area contributed by atoms with E-state index in [0.29, 0.717) is 43.8 Å². The number of rotatable bonds is 3. The molecule has 2 aromatic rings. The van der Waals surface area contributed by atoms with E-state index in [1.54, 1.807) is 11.6 Å². The summed E-state index contributed by atoms with van der Waals surface area (Å²) in [6.45, 7) is 3.38. The molecule has 0 atom stereocenters. The van der Waals surface area contributed by atoms with E-state index < -0.39 is 0 Å². The second-order valence-corrected chi connectivity index (χ2v) is 8.12. The quantitative estimate of drug-likeness (QED) is 0.808. The number of aryl methyl sites for hydroxylation is 1. The molecule has 6 nitrogen and oxygen atoms in total. The molecule has 7 heteroatoms. The molecule has 2 heterocycles. The summed E-state index contributed by atoms with van der Waals surface area (Å²) in [5.41, 5.74) is 1.66. The molecule has 1 aliphatic heterocycles. The highest BCUT2D eigenvalue weighted by Crippen LogP contribution is 2.32. The lowest BCUT2D eigenvalue weighted by atomic mass is 9.81. The molecule has 0 radical (unpaired) electrons. The van der Waals surface area contributed by atoms with Crippen molar-refractivity contribution in [2.45, 2.75) is 32.2 Å². The standard InChI is InChI=1S/C20H26ClN3O3/c1-22-17-4-2-3-16(21)18(17)24(20(22)26)13-14-5-7-15(8-6-14)19(25)23-9-11-27-12-10-23/h2-4,14-15H,5-13H2,1H3. The molecule has 1 aromatic carbocycles. The molecule has 0 bridgehead atoms. The van der Waals surface area contributed by atoms with Crippen molar-refractivity contribution in [2.24, 2.45) is 18.9 Å². The molecule has 0 unspecified atom stereocenters. The Morgan fingerprint density at radius 2 is 1.89 bits per heavy atom. The van der Waals surface area contributed by atoms with Gasteiger partial charge in [-0.2, -0.15) is 0 Å². The number of carbonyl (C=O) groups is 1. The third-order valence-corrected chi connectivity index (χ3v) is 6.38. The Morgan fingerprint density at radius 3 is 2.59 bits per heavy atom. The van der Waals surface area contributed by atoms with Gasteiger partial charge in [0.05, 0.1) is 29.3 Å². The van der Waals surface area contributed by atoms with Crippen molar-refractivity contribution in [3.05, 3.63) is 33.7 Å². The Hall–Kier alpha value is -1.79. The van der Waals surface area contributed by atoms with Gasteiger partial charge < -0.3 is 9.64 Å². The second-order valence-electron chi connectivity index (χ2n) is 7.72. The van der Waals surface area contributed by atoms with Gasteiger partial charge in [-0.3, -0.25) is 13.9 Å². The molecule has 27 heavy (non-hydrogen) atoms. The summed E-state index contributed by atoms with van der Waals surface area (Å²) in [7, 11) is 1.79. The number of imidazole rings is 1. The number of fused-ring (bicyclic) bond motifs is 1. The van der Waals surface area contributed by atoms with Crippen LogP contribution in [0.3, 0.4) is 0 Å². The van der Waals surface area contributed by atoms with Crippen LogP contribution in [0.15, 0.2) is 23.0 Å². The van der Waals surface area contributed by atoms with Gasteiger partial charge in [0, 0.05) is 32.6 Å². The van der Waals surface area contributed by atoms with E-state index in [1.807, 2.05) is 27.7 Å². The smallest absolute Gasteiger partial charge is 0.328 e. The SMILES string of the molecule is Cn1c(=O)n(CC2CCC(C(=O)N3CCOCC3)CC2)c2c(Cl)cccc21. The fraction of sp³-hybridized carbons (Fsp3) is 0.600. The Balaban J connectivity index is 1.44. The monoisotopic (exact) mass is 391 g/mol. The van der Waals surface area contributed by atoms with E-state index in [4.69, 9.17) is 16.3 Å². The first-order chi connectivity index (χ1) is 13.1. The number of carbonyl (C=O) groups excluding carboxylic acids is 1. The molecule has 1 saturated heterocycles. The van der Waals surface area contributed by atoms with Crippen molar-refractivity contribution in [1.29, 1.82) is 0 Å². The number of hydrogen-bond acceptors (Lipinski definition) is 3. The number of benzene rings is 1. The summed E-state index contributed by atoms with van der Waals surface area (Å²) in [5, 5.41) is 0.612. The molecule has 1 amide bonds. The molecule has 1 aromatic heterocycles. The van der Waals surface area contributed by atoms with Gasteiger partial charge in [0.1, 0.15) is 0 Å². The molecule has 1 saturated carbocycles. The van der Waals surface area contributed by atoms with E-state index in [9.17, 15) is 9.59 Å². The minimum atomic E-state index is -0.0235. The highest BCUT2D eigenvalue weighted by molar-refractivity contribution is 6.35. The van der Waals surface area contributed by atoms with Crippen LogP contribution >= 0.6 is 11.6 Å². The van der Waals surface area contributed by atoms with Crippen molar-refractivity contribution in [2.75, 3.05) is 26.3 Å². The number of morpholine rings is 1. The number of nitrogens with zero attached hydrogens (tertiary/aromatic N) is 3. The predicted molar refractivity (Wildman–Crippen MR) is 105 cm³/mol. The van der Waals surface area contributed by atoms with Gasteiger partial charge in [-0.05, 0) is 43.7 Å². The molecular weight excluding hydrogens is 366 g/mol. The number of halogens is 1. The zero-order valence-corrected chi connectivity index (χ0v) is 16.5. The maximum absolute atomic E-state index is 12.7. The summed E-state index contributed by atoms with van der Waals surface area (Å²) in [5.74, 6) is 0.799. The maximum atomic E-state index is 12.7. The first-order valence-corrected chi connectivity index (χ1v) is 10.1. The third kappa shape index (κ3) is 3.52. The van der Waals surface area contributed by atoms with Gasteiger partial charge in [0.25, 0.3) is 0 Å². The number of hydrogen-bond donors (Lipinski definition) is 0. The van der Waals surface area contributed by atoms with Crippen molar-refractivity contribution < 1.29 is 9.53 Å². The van der Waals surface area contributed by atoms with E-state index in [1.165, 1.54) is 0 Å². The first-order valence-electron chi connectivity index (χ1n) is 9.76. The highest BCUT2D eigenvalue weighted by Gasteiger charge is 2.31. The van der Waals surface area contributed by atoms with E-state index >= 15 is 0 Å². The van der Waals surface area contributed by atoms with Crippen LogP contribution in [0.4, 0.5) is 0 Å². The van der Waals surface area contributed by atoms with Crippen molar-refractivity contribution in [3.8, 4) is 0 Å². The average molecular weight is 392 g/mol. The highest BCUT2D eigenvalue weighted by atomic mass is 35.5. The summed E-state index contributed by atoms with van der Waals surface area (Å²) in [6.07, 6.45) is 3.73. The van der Waals surface area contributed by atoms with Crippen LogP contribution in [0.25, 0.3) is 11.0 Å². The van der Waals surface area contributed by atoms with E-state index in [2.05, 4.69) is 0 Å². The lowest BCUT2D eigenvalue weighted by Crippen LogP contribution is -2.44. The third-order valence-electron chi connectivity index (χ3n) is 6.07. The van der Waals surface area contributed by atoms with Crippen LogP contribution in [0, 0.1) is 11.8 Å². The van der Waals surface area contributed by atoms with Gasteiger partial charge in [-0.15, -0.1) is 0 Å². The predicted octanol–water partition coefficient (Wildman–Crippen LogP) is 2.66. The summed E-state index contributed by atoms with van der Waals surface area (Å²) >= 11 is 6.38. The molecular formula is C20H26ClN3O3. The molecule has 0 spiro atoms. The largest absolute Gasteiger partial charge is 0.378 e.